The van der Waals surface area contributed by atoms with E-state index in [1.54, 1.807) is 24.1 Å². The van der Waals surface area contributed by atoms with Gasteiger partial charge in [-0.2, -0.15) is 0 Å². The molecule has 0 aliphatic carbocycles. The fraction of sp³-hybridized carbons (Fsp3) is 0.250. The fourth-order valence-corrected chi connectivity index (χ4v) is 5.73. The predicted octanol–water partition coefficient (Wildman–Crippen LogP) is 4.61. The standard InChI is InChI=1S/C24H20FN5OS/c25-18-4-1-15(2-5-18)20-21(16-3-6-19-17(9-16)10-32-28-19)30-8-7-26-22(23(30)27-20)29-11-24(12-29)13-31-14-24/h1-9,28H,10-14H2. The number of halogens is 1. The van der Waals surface area contributed by atoms with E-state index in [2.05, 4.69) is 32.2 Å². The van der Waals surface area contributed by atoms with E-state index in [1.807, 2.05) is 12.4 Å². The molecule has 5 heterocycles. The van der Waals surface area contributed by atoms with Crippen LogP contribution in [0.5, 0.6) is 0 Å². The van der Waals surface area contributed by atoms with Crippen LogP contribution in [-0.2, 0) is 10.5 Å². The van der Waals surface area contributed by atoms with E-state index in [-0.39, 0.29) is 11.2 Å². The maximum atomic E-state index is 13.7. The van der Waals surface area contributed by atoms with Crippen LogP contribution in [0.4, 0.5) is 15.9 Å². The highest BCUT2D eigenvalue weighted by Gasteiger charge is 2.50. The lowest BCUT2D eigenvalue weighted by molar-refractivity contribution is -0.127. The molecule has 2 fully saturated rings. The summed E-state index contributed by atoms with van der Waals surface area (Å²) >= 11 is 1.70. The molecular formula is C24H20FN5OS. The Kier molecular flexibility index (Phi) is 3.87. The molecule has 6 nitrogen and oxygen atoms in total. The summed E-state index contributed by atoms with van der Waals surface area (Å²) in [5.74, 6) is 1.56. The van der Waals surface area contributed by atoms with Gasteiger partial charge in [-0.05, 0) is 53.9 Å². The van der Waals surface area contributed by atoms with E-state index >= 15 is 0 Å². The first-order chi connectivity index (χ1) is 15.7. The predicted molar refractivity (Wildman–Crippen MR) is 124 cm³/mol. The summed E-state index contributed by atoms with van der Waals surface area (Å²) in [5.41, 5.74) is 7.35. The summed E-state index contributed by atoms with van der Waals surface area (Å²) in [6.45, 7) is 3.54. The lowest BCUT2D eigenvalue weighted by Gasteiger charge is -2.55. The maximum Gasteiger partial charge on any atom is 0.181 e. The molecular weight excluding hydrogens is 425 g/mol. The molecule has 32 heavy (non-hydrogen) atoms. The zero-order chi connectivity index (χ0) is 21.3. The van der Waals surface area contributed by atoms with Gasteiger partial charge in [0.25, 0.3) is 0 Å². The van der Waals surface area contributed by atoms with Crippen molar-refractivity contribution in [3.8, 4) is 22.5 Å². The first-order valence-electron chi connectivity index (χ1n) is 10.7. The van der Waals surface area contributed by atoms with Crippen molar-refractivity contribution in [1.29, 1.82) is 0 Å². The van der Waals surface area contributed by atoms with Crippen LogP contribution in [0.3, 0.4) is 0 Å². The summed E-state index contributed by atoms with van der Waals surface area (Å²) in [6, 6.07) is 13.0. The molecule has 8 heteroatoms. The molecule has 1 spiro atoms. The Hall–Kier alpha value is -3.10. The molecule has 3 aliphatic heterocycles. The highest BCUT2D eigenvalue weighted by atomic mass is 32.2. The van der Waals surface area contributed by atoms with Gasteiger partial charge in [0.2, 0.25) is 0 Å². The molecule has 0 amide bonds. The van der Waals surface area contributed by atoms with Crippen LogP contribution in [0, 0.1) is 11.2 Å². The van der Waals surface area contributed by atoms with Gasteiger partial charge in [0, 0.05) is 48.1 Å². The number of imidazole rings is 1. The first-order valence-corrected chi connectivity index (χ1v) is 11.6. The number of hydrogen-bond acceptors (Lipinski definition) is 6. The number of hydrogen-bond donors (Lipinski definition) is 1. The number of anilines is 2. The quantitative estimate of drug-likeness (QED) is 0.465. The van der Waals surface area contributed by atoms with Gasteiger partial charge in [-0.15, -0.1) is 0 Å². The molecule has 4 aromatic rings. The third-order valence-corrected chi connectivity index (χ3v) is 7.42. The van der Waals surface area contributed by atoms with Crippen LogP contribution in [-0.4, -0.2) is 40.7 Å². The van der Waals surface area contributed by atoms with Crippen molar-refractivity contribution >= 4 is 29.1 Å². The van der Waals surface area contributed by atoms with E-state index in [0.717, 1.165) is 71.7 Å². The monoisotopic (exact) mass is 445 g/mol. The van der Waals surface area contributed by atoms with Crippen LogP contribution < -0.4 is 9.62 Å². The smallest absolute Gasteiger partial charge is 0.181 e. The second-order valence-electron chi connectivity index (χ2n) is 8.87. The van der Waals surface area contributed by atoms with Gasteiger partial charge in [0.15, 0.2) is 11.5 Å². The topological polar surface area (TPSA) is 54.7 Å². The van der Waals surface area contributed by atoms with Gasteiger partial charge in [-0.1, -0.05) is 6.07 Å². The zero-order valence-corrected chi connectivity index (χ0v) is 18.0. The number of nitrogens with one attached hydrogen (secondary N) is 1. The zero-order valence-electron chi connectivity index (χ0n) is 17.2. The van der Waals surface area contributed by atoms with E-state index in [9.17, 15) is 4.39 Å². The van der Waals surface area contributed by atoms with Crippen molar-refractivity contribution in [2.75, 3.05) is 35.9 Å². The molecule has 0 unspecified atom stereocenters. The van der Waals surface area contributed by atoms with E-state index in [1.165, 1.54) is 17.7 Å². The van der Waals surface area contributed by atoms with Gasteiger partial charge in [-0.25, -0.2) is 14.4 Å². The number of benzene rings is 2. The third kappa shape index (κ3) is 2.69. The number of ether oxygens (including phenoxy) is 1. The summed E-state index contributed by atoms with van der Waals surface area (Å²) in [6.07, 6.45) is 3.81. The number of fused-ring (bicyclic) bond motifs is 2. The maximum absolute atomic E-state index is 13.7. The normalized spacial score (nSPS) is 18.3. The van der Waals surface area contributed by atoms with Gasteiger partial charge in [0.05, 0.1) is 30.0 Å². The molecule has 2 saturated heterocycles. The number of rotatable bonds is 3. The molecule has 1 N–H and O–H groups in total. The highest BCUT2D eigenvalue weighted by Crippen LogP contribution is 2.43. The molecule has 0 atom stereocenters. The average molecular weight is 446 g/mol. The van der Waals surface area contributed by atoms with Crippen molar-refractivity contribution in [1.82, 2.24) is 14.4 Å². The molecule has 7 rings (SSSR count). The van der Waals surface area contributed by atoms with Crippen molar-refractivity contribution in [2.24, 2.45) is 5.41 Å². The van der Waals surface area contributed by atoms with E-state index in [4.69, 9.17) is 14.7 Å². The Morgan fingerprint density at radius 3 is 2.66 bits per heavy atom. The van der Waals surface area contributed by atoms with Crippen molar-refractivity contribution in [3.05, 3.63) is 66.2 Å². The molecule has 0 radical (unpaired) electrons. The van der Waals surface area contributed by atoms with Crippen molar-refractivity contribution in [3.63, 3.8) is 0 Å². The van der Waals surface area contributed by atoms with Crippen molar-refractivity contribution in [2.45, 2.75) is 5.75 Å². The Morgan fingerprint density at radius 2 is 1.88 bits per heavy atom. The fourth-order valence-electron chi connectivity index (χ4n) is 4.91. The number of nitrogens with zero attached hydrogens (tertiary/aromatic N) is 4. The molecule has 0 bridgehead atoms. The van der Waals surface area contributed by atoms with Crippen LogP contribution in [0.1, 0.15) is 5.56 Å². The molecule has 160 valence electrons. The minimum absolute atomic E-state index is 0.254. The number of aromatic nitrogens is 3. The Balaban J connectivity index is 1.42. The lowest BCUT2D eigenvalue weighted by atomic mass is 9.78. The Labute approximate surface area is 188 Å². The van der Waals surface area contributed by atoms with Crippen LogP contribution in [0.2, 0.25) is 0 Å². The highest BCUT2D eigenvalue weighted by molar-refractivity contribution is 8.00. The Morgan fingerprint density at radius 1 is 1.06 bits per heavy atom. The van der Waals surface area contributed by atoms with Crippen LogP contribution in [0.15, 0.2) is 54.9 Å². The van der Waals surface area contributed by atoms with Crippen LogP contribution >= 0.6 is 11.9 Å². The molecule has 2 aromatic carbocycles. The van der Waals surface area contributed by atoms with E-state index < -0.39 is 0 Å². The molecule has 0 saturated carbocycles. The summed E-state index contributed by atoms with van der Waals surface area (Å²) in [4.78, 5) is 12.0. The minimum Gasteiger partial charge on any atom is -0.380 e. The first kappa shape index (κ1) is 18.5. The SMILES string of the molecule is Fc1ccc(-c2nc3c(N4CC5(COC5)C4)nccn3c2-c2ccc3c(c2)CSN3)cc1. The van der Waals surface area contributed by atoms with Crippen molar-refractivity contribution < 1.29 is 9.13 Å². The van der Waals surface area contributed by atoms with Gasteiger partial charge in [0.1, 0.15) is 5.82 Å². The lowest BCUT2D eigenvalue weighted by Crippen LogP contribution is -2.66. The Bertz CT molecular complexity index is 1360. The molecule has 3 aliphatic rings. The summed E-state index contributed by atoms with van der Waals surface area (Å²) < 4.78 is 24.6. The minimum atomic E-state index is -0.254. The van der Waals surface area contributed by atoms with E-state index in [0.29, 0.717) is 0 Å². The second kappa shape index (κ2) is 6.70. The summed E-state index contributed by atoms with van der Waals surface area (Å²) in [7, 11) is 0. The third-order valence-electron chi connectivity index (χ3n) is 6.60. The van der Waals surface area contributed by atoms with Gasteiger partial charge < -0.3 is 14.4 Å². The molecule has 2 aromatic heterocycles. The van der Waals surface area contributed by atoms with Gasteiger partial charge >= 0.3 is 0 Å². The second-order valence-corrected chi connectivity index (χ2v) is 9.65. The average Bonchev–Trinajstić information content (AvgIpc) is 3.36. The largest absolute Gasteiger partial charge is 0.380 e. The van der Waals surface area contributed by atoms with Gasteiger partial charge in [-0.3, -0.25) is 4.40 Å². The van der Waals surface area contributed by atoms with Crippen LogP contribution in [0.25, 0.3) is 28.2 Å². The summed E-state index contributed by atoms with van der Waals surface area (Å²) in [5, 5.41) is 0.